The van der Waals surface area contributed by atoms with E-state index in [9.17, 15) is 9.59 Å². The molecule has 0 bridgehead atoms. The summed E-state index contributed by atoms with van der Waals surface area (Å²) >= 11 is 0. The molecular formula is C17H17N7O2. The molecular weight excluding hydrogens is 334 g/mol. The van der Waals surface area contributed by atoms with E-state index in [1.165, 1.54) is 6.20 Å². The van der Waals surface area contributed by atoms with Crippen LogP contribution in [-0.2, 0) is 17.8 Å². The summed E-state index contributed by atoms with van der Waals surface area (Å²) in [6, 6.07) is 13.1. The topological polar surface area (TPSA) is 115 Å². The first-order chi connectivity index (χ1) is 12.7. The van der Waals surface area contributed by atoms with Crippen molar-refractivity contribution < 1.29 is 9.59 Å². The van der Waals surface area contributed by atoms with E-state index in [1.54, 1.807) is 18.3 Å². The maximum absolute atomic E-state index is 12.0. The molecule has 2 heterocycles. The van der Waals surface area contributed by atoms with E-state index in [2.05, 4.69) is 31.0 Å². The summed E-state index contributed by atoms with van der Waals surface area (Å²) in [6.07, 6.45) is 3.74. The van der Waals surface area contributed by atoms with Gasteiger partial charge in [-0.15, -0.1) is 5.10 Å². The molecule has 0 aliphatic heterocycles. The molecule has 0 saturated carbocycles. The van der Waals surface area contributed by atoms with E-state index < -0.39 is 5.91 Å². The second kappa shape index (κ2) is 8.47. The summed E-state index contributed by atoms with van der Waals surface area (Å²) in [5, 5.41) is 16.7. The summed E-state index contributed by atoms with van der Waals surface area (Å²) in [5.41, 5.74) is 1.52. The van der Waals surface area contributed by atoms with Crippen molar-refractivity contribution in [1.29, 1.82) is 0 Å². The normalized spacial score (nSPS) is 10.3. The first-order valence-electron chi connectivity index (χ1n) is 8.00. The number of rotatable bonds is 7. The van der Waals surface area contributed by atoms with Gasteiger partial charge in [-0.25, -0.2) is 0 Å². The van der Waals surface area contributed by atoms with Gasteiger partial charge in [0.15, 0.2) is 0 Å². The van der Waals surface area contributed by atoms with E-state index in [4.69, 9.17) is 0 Å². The zero-order valence-corrected chi connectivity index (χ0v) is 13.9. The third kappa shape index (κ3) is 4.94. The van der Waals surface area contributed by atoms with Crippen molar-refractivity contribution in [1.82, 2.24) is 30.5 Å². The van der Waals surface area contributed by atoms with Crippen molar-refractivity contribution in [3.05, 3.63) is 66.0 Å². The second-order valence-corrected chi connectivity index (χ2v) is 5.42. The summed E-state index contributed by atoms with van der Waals surface area (Å²) in [6.45, 7) is 0.437. The molecule has 1 aromatic carbocycles. The number of hydrogen-bond acceptors (Lipinski definition) is 6. The number of nitrogens with one attached hydrogen (secondary N) is 2. The molecule has 26 heavy (non-hydrogen) atoms. The quantitative estimate of drug-likeness (QED) is 0.647. The molecule has 0 saturated heterocycles. The third-order valence-electron chi connectivity index (χ3n) is 3.47. The number of pyridine rings is 1. The van der Waals surface area contributed by atoms with E-state index in [0.29, 0.717) is 12.1 Å². The van der Waals surface area contributed by atoms with E-state index >= 15 is 0 Å². The van der Waals surface area contributed by atoms with E-state index in [-0.39, 0.29) is 18.4 Å². The number of hydrogen-bond donors (Lipinski definition) is 2. The minimum absolute atomic E-state index is 0.0240. The first kappa shape index (κ1) is 17.2. The smallest absolute Gasteiger partial charge is 0.270 e. The molecule has 3 aromatic rings. The Hall–Kier alpha value is -3.62. The van der Waals surface area contributed by atoms with Gasteiger partial charge >= 0.3 is 0 Å². The molecule has 3 rings (SSSR count). The van der Waals surface area contributed by atoms with Gasteiger partial charge in [-0.3, -0.25) is 19.9 Å². The van der Waals surface area contributed by atoms with Crippen LogP contribution in [0.2, 0.25) is 0 Å². The van der Waals surface area contributed by atoms with Crippen LogP contribution < -0.4 is 10.6 Å². The van der Waals surface area contributed by atoms with Crippen LogP contribution in [0, 0.1) is 0 Å². The molecule has 0 fully saturated rings. The number of aromatic nitrogens is 5. The fourth-order valence-electron chi connectivity index (χ4n) is 2.21. The molecule has 0 unspecified atom stereocenters. The molecule has 9 nitrogen and oxygen atoms in total. The number of tetrazole rings is 1. The van der Waals surface area contributed by atoms with Gasteiger partial charge in [-0.1, -0.05) is 35.4 Å². The van der Waals surface area contributed by atoms with Crippen molar-refractivity contribution in [2.75, 3.05) is 11.9 Å². The Kier molecular flexibility index (Phi) is 5.61. The molecule has 132 valence electrons. The first-order valence-corrected chi connectivity index (χ1v) is 8.00. The number of anilines is 1. The highest BCUT2D eigenvalue weighted by Crippen LogP contribution is 2.01. The van der Waals surface area contributed by atoms with Crippen molar-refractivity contribution >= 4 is 17.8 Å². The largest absolute Gasteiger partial charge is 0.354 e. The van der Waals surface area contributed by atoms with Crippen LogP contribution in [0.4, 0.5) is 5.95 Å². The van der Waals surface area contributed by atoms with Gasteiger partial charge < -0.3 is 5.32 Å². The zero-order chi connectivity index (χ0) is 18.2. The average molecular weight is 351 g/mol. The number of nitrogens with zero attached hydrogens (tertiary/aromatic N) is 5. The fraction of sp³-hybridized carbons (Fsp3) is 0.176. The Morgan fingerprint density at radius 1 is 1.08 bits per heavy atom. The van der Waals surface area contributed by atoms with Crippen LogP contribution in [0.15, 0.2) is 54.9 Å². The predicted octanol–water partition coefficient (Wildman–Crippen LogP) is 0.679. The van der Waals surface area contributed by atoms with Gasteiger partial charge in [0.2, 0.25) is 5.91 Å². The van der Waals surface area contributed by atoms with Crippen LogP contribution >= 0.6 is 0 Å². The Morgan fingerprint density at radius 3 is 2.69 bits per heavy atom. The number of carbonyl (C=O) groups excluding carboxylic acids is 2. The molecule has 0 aliphatic rings. The summed E-state index contributed by atoms with van der Waals surface area (Å²) < 4.78 is 0. The monoisotopic (exact) mass is 351 g/mol. The van der Waals surface area contributed by atoms with Gasteiger partial charge in [-0.05, 0) is 29.3 Å². The van der Waals surface area contributed by atoms with Gasteiger partial charge in [0.25, 0.3) is 11.9 Å². The molecule has 2 amide bonds. The second-order valence-electron chi connectivity index (χ2n) is 5.42. The molecule has 0 radical (unpaired) electrons. The molecule has 2 aromatic heterocycles. The van der Waals surface area contributed by atoms with Gasteiger partial charge in [0.05, 0.1) is 5.56 Å². The van der Waals surface area contributed by atoms with Crippen LogP contribution in [0.3, 0.4) is 0 Å². The third-order valence-corrected chi connectivity index (χ3v) is 3.47. The SMILES string of the molecule is O=C(Cn1nnc(NC(=O)c2cccnc2)n1)NCCc1ccccc1. The number of amides is 2. The van der Waals surface area contributed by atoms with E-state index in [0.717, 1.165) is 16.8 Å². The van der Waals surface area contributed by atoms with Crippen molar-refractivity contribution in [2.24, 2.45) is 0 Å². The molecule has 9 heteroatoms. The Morgan fingerprint density at radius 2 is 1.92 bits per heavy atom. The Bertz CT molecular complexity index is 865. The van der Waals surface area contributed by atoms with E-state index in [1.807, 2.05) is 30.3 Å². The minimum Gasteiger partial charge on any atom is -0.354 e. The molecule has 0 aliphatic carbocycles. The standard InChI is InChI=1S/C17H17N7O2/c25-15(19-10-8-13-5-2-1-3-6-13)12-24-22-17(21-23-24)20-16(26)14-7-4-9-18-11-14/h1-7,9,11H,8,10,12H2,(H,19,25)(H,20,22,26). The van der Waals surface area contributed by atoms with Gasteiger partial charge in [-0.2, -0.15) is 4.80 Å². The maximum Gasteiger partial charge on any atom is 0.270 e. The molecule has 0 spiro atoms. The van der Waals surface area contributed by atoms with Crippen molar-refractivity contribution in [2.45, 2.75) is 13.0 Å². The lowest BCUT2D eigenvalue weighted by atomic mass is 10.1. The Labute approximate surface area is 149 Å². The van der Waals surface area contributed by atoms with Gasteiger partial charge in [0.1, 0.15) is 6.54 Å². The lowest BCUT2D eigenvalue weighted by Gasteiger charge is -2.04. The maximum atomic E-state index is 12.0. The number of carbonyl (C=O) groups is 2. The van der Waals surface area contributed by atoms with Crippen LogP contribution in [-0.4, -0.2) is 43.6 Å². The Balaban J connectivity index is 1.45. The highest BCUT2D eigenvalue weighted by Gasteiger charge is 2.11. The average Bonchev–Trinajstić information content (AvgIpc) is 3.10. The summed E-state index contributed by atoms with van der Waals surface area (Å²) in [7, 11) is 0. The zero-order valence-electron chi connectivity index (χ0n) is 13.9. The predicted molar refractivity (Wildman–Crippen MR) is 93.2 cm³/mol. The summed E-state index contributed by atoms with van der Waals surface area (Å²) in [5.74, 6) is -0.607. The molecule has 2 N–H and O–H groups in total. The highest BCUT2D eigenvalue weighted by atomic mass is 16.2. The lowest BCUT2D eigenvalue weighted by Crippen LogP contribution is -2.30. The van der Waals surface area contributed by atoms with Crippen LogP contribution in [0.5, 0.6) is 0 Å². The van der Waals surface area contributed by atoms with Crippen LogP contribution in [0.25, 0.3) is 0 Å². The van der Waals surface area contributed by atoms with Crippen molar-refractivity contribution in [3.63, 3.8) is 0 Å². The molecule has 0 atom stereocenters. The minimum atomic E-state index is -0.398. The van der Waals surface area contributed by atoms with Crippen LogP contribution in [0.1, 0.15) is 15.9 Å². The fourth-order valence-corrected chi connectivity index (χ4v) is 2.21. The van der Waals surface area contributed by atoms with Crippen molar-refractivity contribution in [3.8, 4) is 0 Å². The summed E-state index contributed by atoms with van der Waals surface area (Å²) in [4.78, 5) is 28.9. The lowest BCUT2D eigenvalue weighted by molar-refractivity contribution is -0.122. The van der Waals surface area contributed by atoms with Gasteiger partial charge in [0, 0.05) is 18.9 Å². The highest BCUT2D eigenvalue weighted by molar-refractivity contribution is 6.02. The number of benzene rings is 1.